The molecule has 3 N–H and O–H groups in total. The summed E-state index contributed by atoms with van der Waals surface area (Å²) in [5.74, 6) is -0.705. The molecule has 0 spiro atoms. The predicted octanol–water partition coefficient (Wildman–Crippen LogP) is 3.36. The van der Waals surface area contributed by atoms with Gasteiger partial charge >= 0.3 is 5.97 Å². The smallest absolute Gasteiger partial charge is 0.329 e. The second-order valence-corrected chi connectivity index (χ2v) is 13.6. The summed E-state index contributed by atoms with van der Waals surface area (Å²) in [5.41, 5.74) is 6.63. The van der Waals surface area contributed by atoms with Gasteiger partial charge in [0.1, 0.15) is 17.9 Å². The molecule has 0 radical (unpaired) electrons. The van der Waals surface area contributed by atoms with Gasteiger partial charge in [-0.15, -0.1) is 0 Å². The number of pyridine rings is 1. The summed E-state index contributed by atoms with van der Waals surface area (Å²) < 4.78 is 34.5. The van der Waals surface area contributed by atoms with E-state index in [2.05, 4.69) is 19.6 Å². The Morgan fingerprint density at radius 1 is 1.27 bits per heavy atom. The van der Waals surface area contributed by atoms with Gasteiger partial charge in [0.25, 0.3) is 10.0 Å². The number of carbonyl (C=O) groups is 2. The minimum atomic E-state index is -3.99. The molecule has 0 bridgehead atoms. The fourth-order valence-electron chi connectivity index (χ4n) is 5.16. The number of unbranched alkanes of at least 4 members (excludes halogenated alkanes) is 1. The molecule has 2 saturated heterocycles. The highest BCUT2D eigenvalue weighted by Crippen LogP contribution is 2.31. The van der Waals surface area contributed by atoms with E-state index >= 15 is 0 Å². The number of ether oxygens (including phenoxy) is 1. The lowest BCUT2D eigenvalue weighted by atomic mass is 10.0. The molecule has 41 heavy (non-hydrogen) atoms. The molecule has 2 aromatic heterocycles. The first-order chi connectivity index (χ1) is 19.7. The van der Waals surface area contributed by atoms with Crippen molar-refractivity contribution in [2.45, 2.75) is 61.7 Å². The van der Waals surface area contributed by atoms with E-state index in [0.29, 0.717) is 33.3 Å². The molecule has 1 amide bonds. The van der Waals surface area contributed by atoms with Crippen LogP contribution in [0.3, 0.4) is 0 Å². The summed E-state index contributed by atoms with van der Waals surface area (Å²) in [6.07, 6.45) is 6.84. The second-order valence-electron chi connectivity index (χ2n) is 10.3. The minimum Gasteiger partial charge on any atom is -0.464 e. The van der Waals surface area contributed by atoms with Crippen molar-refractivity contribution in [3.05, 3.63) is 41.2 Å². The SMILES string of the molecule is CCCCOC(=O)C(Cc1cc2ccnc(N)c2cc1Cl)N1CCC(NS(=O)(=O)c2cnc(N3CCCC3)s2)C1=O. The number of hydrogen-bond acceptors (Lipinski definition) is 10. The molecule has 2 fully saturated rings. The number of benzene rings is 1. The Bertz CT molecular complexity index is 1540. The number of thiazole rings is 1. The molecule has 2 aliphatic rings. The van der Waals surface area contributed by atoms with Crippen molar-refractivity contribution in [1.82, 2.24) is 19.6 Å². The largest absolute Gasteiger partial charge is 0.464 e. The lowest BCUT2D eigenvalue weighted by Crippen LogP contribution is -2.48. The van der Waals surface area contributed by atoms with Crippen LogP contribution in [0.25, 0.3) is 10.8 Å². The van der Waals surface area contributed by atoms with Crippen LogP contribution in [-0.2, 0) is 30.8 Å². The Labute approximate surface area is 248 Å². The minimum absolute atomic E-state index is 0.0536. The summed E-state index contributed by atoms with van der Waals surface area (Å²) >= 11 is 7.68. The molecule has 0 aliphatic carbocycles. The number of nitrogen functional groups attached to an aromatic ring is 1. The van der Waals surface area contributed by atoms with Crippen molar-refractivity contribution >= 4 is 66.6 Å². The van der Waals surface area contributed by atoms with Crippen molar-refractivity contribution in [3.63, 3.8) is 0 Å². The summed E-state index contributed by atoms with van der Waals surface area (Å²) in [6, 6.07) is 3.32. The van der Waals surface area contributed by atoms with Crippen LogP contribution in [0.15, 0.2) is 34.8 Å². The van der Waals surface area contributed by atoms with E-state index in [9.17, 15) is 18.0 Å². The molecule has 220 valence electrons. The van der Waals surface area contributed by atoms with E-state index in [1.54, 1.807) is 18.3 Å². The van der Waals surface area contributed by atoms with Crippen LogP contribution >= 0.6 is 22.9 Å². The summed E-state index contributed by atoms with van der Waals surface area (Å²) in [5, 5.41) is 2.52. The molecule has 1 aromatic carbocycles. The number of esters is 1. The van der Waals surface area contributed by atoms with Crippen molar-refractivity contribution < 1.29 is 22.7 Å². The normalized spacial score (nSPS) is 18.4. The van der Waals surface area contributed by atoms with Gasteiger partial charge in [-0.3, -0.25) is 4.79 Å². The highest BCUT2D eigenvalue weighted by atomic mass is 35.5. The standard InChI is InChI=1S/C27H33ClN6O5S2/c1-2-3-12-39-26(36)22(14-18-13-17-6-8-30-24(29)19(17)15-20(18)28)34-11-7-21(25(34)35)32-41(37,38)23-16-31-27(40-23)33-9-4-5-10-33/h6,8,13,15-16,21-22,32H,2-5,7,9-12,14H2,1H3,(H2,29,30). The number of halogens is 1. The van der Waals surface area contributed by atoms with Crippen LogP contribution in [0, 0.1) is 0 Å². The van der Waals surface area contributed by atoms with Gasteiger partial charge in [-0.1, -0.05) is 36.3 Å². The monoisotopic (exact) mass is 620 g/mol. The zero-order chi connectivity index (χ0) is 29.1. The molecule has 0 saturated carbocycles. The number of anilines is 2. The van der Waals surface area contributed by atoms with E-state index in [0.717, 1.165) is 49.1 Å². The van der Waals surface area contributed by atoms with E-state index in [-0.39, 0.29) is 30.2 Å². The van der Waals surface area contributed by atoms with Crippen LogP contribution in [-0.4, -0.2) is 73.5 Å². The molecule has 2 atom stereocenters. The number of sulfonamides is 1. The number of fused-ring (bicyclic) bond motifs is 1. The van der Waals surface area contributed by atoms with Gasteiger partial charge in [0.15, 0.2) is 9.34 Å². The second kappa shape index (κ2) is 12.5. The molecule has 2 aliphatic heterocycles. The summed E-state index contributed by atoms with van der Waals surface area (Å²) in [4.78, 5) is 38.7. The Morgan fingerprint density at radius 2 is 2.05 bits per heavy atom. The van der Waals surface area contributed by atoms with Crippen LogP contribution in [0.2, 0.25) is 5.02 Å². The van der Waals surface area contributed by atoms with Crippen LogP contribution in [0.1, 0.15) is 44.6 Å². The molecular formula is C27H33ClN6O5S2. The molecule has 11 nitrogen and oxygen atoms in total. The lowest BCUT2D eigenvalue weighted by Gasteiger charge is -2.27. The number of nitrogens with zero attached hydrogens (tertiary/aromatic N) is 4. The Morgan fingerprint density at radius 3 is 2.80 bits per heavy atom. The quantitative estimate of drug-likeness (QED) is 0.243. The highest BCUT2D eigenvalue weighted by molar-refractivity contribution is 7.91. The van der Waals surface area contributed by atoms with Gasteiger partial charge in [-0.2, -0.15) is 4.72 Å². The Balaban J connectivity index is 1.35. The topological polar surface area (TPSA) is 148 Å². The number of rotatable bonds is 11. The molecule has 2 unspecified atom stereocenters. The zero-order valence-electron chi connectivity index (χ0n) is 22.7. The third-order valence-electron chi connectivity index (χ3n) is 7.42. The first-order valence-electron chi connectivity index (χ1n) is 13.7. The van der Waals surface area contributed by atoms with Gasteiger partial charge < -0.3 is 20.3 Å². The van der Waals surface area contributed by atoms with E-state index < -0.39 is 34.0 Å². The van der Waals surface area contributed by atoms with E-state index in [1.807, 2.05) is 13.0 Å². The fourth-order valence-corrected chi connectivity index (χ4v) is 7.81. The van der Waals surface area contributed by atoms with Gasteiger partial charge in [-0.25, -0.2) is 23.2 Å². The Kier molecular flexibility index (Phi) is 8.97. The van der Waals surface area contributed by atoms with Gasteiger partial charge in [-0.05, 0) is 54.8 Å². The number of hydrogen-bond donors (Lipinski definition) is 2. The zero-order valence-corrected chi connectivity index (χ0v) is 25.1. The maximum Gasteiger partial charge on any atom is 0.329 e. The summed E-state index contributed by atoms with van der Waals surface area (Å²) in [6.45, 7) is 4.08. The molecule has 4 heterocycles. The number of likely N-dealkylation sites (tertiary alicyclic amines) is 1. The first kappa shape index (κ1) is 29.5. The number of nitrogens with two attached hydrogens (primary N) is 1. The van der Waals surface area contributed by atoms with Crippen molar-refractivity contribution in [2.24, 2.45) is 0 Å². The maximum absolute atomic E-state index is 13.5. The van der Waals surface area contributed by atoms with Gasteiger partial charge in [0.05, 0.1) is 12.8 Å². The first-order valence-corrected chi connectivity index (χ1v) is 16.4. The number of nitrogens with one attached hydrogen (secondary N) is 1. The Hall–Kier alpha value is -3.00. The third-order valence-corrected chi connectivity index (χ3v) is 10.8. The number of carbonyl (C=O) groups excluding carboxylic acids is 2. The van der Waals surface area contributed by atoms with Crippen molar-refractivity contribution in [3.8, 4) is 0 Å². The van der Waals surface area contributed by atoms with Gasteiger partial charge in [0.2, 0.25) is 5.91 Å². The molecule has 5 rings (SSSR count). The molecule has 3 aromatic rings. The van der Waals surface area contributed by atoms with E-state index in [1.165, 1.54) is 11.1 Å². The average molecular weight is 621 g/mol. The molecule has 14 heteroatoms. The average Bonchev–Trinajstić information content (AvgIpc) is 3.71. The van der Waals surface area contributed by atoms with Crippen molar-refractivity contribution in [2.75, 3.05) is 36.9 Å². The number of aromatic nitrogens is 2. The molecular weight excluding hydrogens is 588 g/mol. The van der Waals surface area contributed by atoms with Gasteiger partial charge in [0, 0.05) is 42.7 Å². The summed E-state index contributed by atoms with van der Waals surface area (Å²) in [7, 11) is -3.99. The highest BCUT2D eigenvalue weighted by Gasteiger charge is 2.42. The van der Waals surface area contributed by atoms with Crippen LogP contribution in [0.5, 0.6) is 0 Å². The van der Waals surface area contributed by atoms with Crippen LogP contribution < -0.4 is 15.4 Å². The number of amides is 1. The van der Waals surface area contributed by atoms with Crippen molar-refractivity contribution in [1.29, 1.82) is 0 Å². The van der Waals surface area contributed by atoms with Crippen LogP contribution in [0.4, 0.5) is 10.9 Å². The predicted molar refractivity (Wildman–Crippen MR) is 159 cm³/mol. The lowest BCUT2D eigenvalue weighted by molar-refractivity contribution is -0.154. The maximum atomic E-state index is 13.5. The third kappa shape index (κ3) is 6.42. The van der Waals surface area contributed by atoms with E-state index in [4.69, 9.17) is 22.1 Å². The fraction of sp³-hybridized carbons (Fsp3) is 0.481.